The number of thioether (sulfide) groups is 2. The molecule has 3 aliphatic rings. The standard InChI is InChI=1S/C34H18N4S2.Cu/c1-5-13-23-19(9-1)27-17-28-20-10-2-6-14-24(20)33(36-28)40-34-26-16-8-4-12-22(26)30(38-34)18-29-21-11-3-7-15-25(21)32(37-29)39-31(23)35-27;/h1-18H;/q-2;+2. The van der Waals surface area contributed by atoms with E-state index in [1.54, 1.807) is 23.5 Å². The third-order valence-corrected chi connectivity index (χ3v) is 9.57. The van der Waals surface area contributed by atoms with Crippen LogP contribution in [0.5, 0.6) is 0 Å². The molecule has 0 atom stereocenters. The van der Waals surface area contributed by atoms with Crippen LogP contribution < -0.4 is 9.97 Å². The van der Waals surface area contributed by atoms with E-state index in [1.807, 2.05) is 0 Å². The Bertz CT molecular complexity index is 2020. The van der Waals surface area contributed by atoms with Crippen LogP contribution in [-0.2, 0) is 17.1 Å². The first kappa shape index (κ1) is 24.8. The zero-order valence-electron chi connectivity index (χ0n) is 21.3. The monoisotopic (exact) mass is 609 g/mol. The number of hydrogen-bond donors (Lipinski definition) is 0. The summed E-state index contributed by atoms with van der Waals surface area (Å²) in [6.45, 7) is 0. The molecular weight excluding hydrogens is 592 g/mol. The Morgan fingerprint density at radius 3 is 1.24 bits per heavy atom. The molecule has 0 saturated heterocycles. The molecule has 7 heteroatoms. The van der Waals surface area contributed by atoms with E-state index in [0.29, 0.717) is 0 Å². The minimum Gasteiger partial charge on any atom is -0.651 e. The van der Waals surface area contributed by atoms with Gasteiger partial charge in [0.2, 0.25) is 0 Å². The summed E-state index contributed by atoms with van der Waals surface area (Å²) in [4.78, 5) is 20.6. The average Bonchev–Trinajstić information content (AvgIpc) is 3.73. The number of rotatable bonds is 0. The summed E-state index contributed by atoms with van der Waals surface area (Å²) < 4.78 is 0. The number of aromatic nitrogens is 2. The minimum absolute atomic E-state index is 0. The van der Waals surface area contributed by atoms with Gasteiger partial charge in [-0.3, -0.25) is 0 Å². The van der Waals surface area contributed by atoms with Gasteiger partial charge in [0.25, 0.3) is 0 Å². The summed E-state index contributed by atoms with van der Waals surface area (Å²) in [5.74, 6) is 0. The van der Waals surface area contributed by atoms with E-state index >= 15 is 0 Å². The van der Waals surface area contributed by atoms with E-state index in [1.165, 1.54) is 0 Å². The maximum Gasteiger partial charge on any atom is 2.00 e. The van der Waals surface area contributed by atoms with E-state index in [0.717, 1.165) is 86.7 Å². The fourth-order valence-corrected chi connectivity index (χ4v) is 7.78. The Balaban J connectivity index is 0.00000256. The number of nitrogens with zero attached hydrogens (tertiary/aromatic N) is 4. The molecule has 4 aromatic carbocycles. The smallest absolute Gasteiger partial charge is 0.651 e. The van der Waals surface area contributed by atoms with Gasteiger partial charge >= 0.3 is 17.1 Å². The summed E-state index contributed by atoms with van der Waals surface area (Å²) >= 11 is 3.26. The quantitative estimate of drug-likeness (QED) is 0.163. The van der Waals surface area contributed by atoms with Crippen LogP contribution in [0.2, 0.25) is 0 Å². The third kappa shape index (κ3) is 3.85. The zero-order chi connectivity index (χ0) is 26.2. The molecule has 0 amide bonds. The van der Waals surface area contributed by atoms with Crippen molar-refractivity contribution in [1.82, 2.24) is 9.97 Å². The van der Waals surface area contributed by atoms with Gasteiger partial charge in [-0.15, -0.1) is 11.4 Å². The number of aliphatic imine (C=N–C) groups is 2. The van der Waals surface area contributed by atoms with Crippen LogP contribution in [0.4, 0.5) is 0 Å². The number of fused-ring (bicyclic) bond motifs is 18. The molecule has 0 spiro atoms. The number of benzene rings is 4. The van der Waals surface area contributed by atoms with Gasteiger partial charge in [0.15, 0.2) is 0 Å². The van der Waals surface area contributed by atoms with Crippen molar-refractivity contribution < 1.29 is 17.1 Å². The second-order valence-corrected chi connectivity index (χ2v) is 11.8. The van der Waals surface area contributed by atoms with Gasteiger partial charge in [-0.25, -0.2) is 9.98 Å². The van der Waals surface area contributed by atoms with E-state index in [2.05, 4.69) is 109 Å². The molecule has 2 aromatic heterocycles. The van der Waals surface area contributed by atoms with E-state index in [4.69, 9.17) is 20.0 Å². The average molecular weight is 610 g/mol. The van der Waals surface area contributed by atoms with Gasteiger partial charge in [-0.1, -0.05) is 131 Å². The summed E-state index contributed by atoms with van der Waals surface area (Å²) in [7, 11) is 0. The van der Waals surface area contributed by atoms with Crippen LogP contribution in [0.25, 0.3) is 45.1 Å². The molecule has 0 saturated carbocycles. The Kier molecular flexibility index (Phi) is 5.76. The van der Waals surface area contributed by atoms with Crippen LogP contribution in [0.1, 0.15) is 33.6 Å². The molecule has 0 unspecified atom stereocenters. The Hall–Kier alpha value is -4.00. The van der Waals surface area contributed by atoms with E-state index in [9.17, 15) is 0 Å². The maximum atomic E-state index is 5.15. The van der Waals surface area contributed by atoms with Crippen molar-refractivity contribution in [1.29, 1.82) is 0 Å². The summed E-state index contributed by atoms with van der Waals surface area (Å²) in [6, 6.07) is 33.7. The van der Waals surface area contributed by atoms with E-state index < -0.39 is 0 Å². The zero-order valence-corrected chi connectivity index (χ0v) is 23.9. The van der Waals surface area contributed by atoms with Crippen LogP contribution in [0.15, 0.2) is 117 Å². The molecule has 6 aromatic rings. The number of hydrogen-bond acceptors (Lipinski definition) is 4. The predicted octanol–water partition coefficient (Wildman–Crippen LogP) is 8.32. The molecule has 8 bridgehead atoms. The fourth-order valence-electron chi connectivity index (χ4n) is 5.68. The summed E-state index contributed by atoms with van der Waals surface area (Å²) in [6.07, 6.45) is 4.25. The molecule has 0 fully saturated rings. The molecule has 4 nitrogen and oxygen atoms in total. The maximum absolute atomic E-state index is 5.15. The first-order chi connectivity index (χ1) is 19.8. The van der Waals surface area contributed by atoms with Crippen molar-refractivity contribution >= 4 is 78.7 Å². The largest absolute Gasteiger partial charge is 2.00 e. The molecule has 197 valence electrons. The molecule has 0 N–H and O–H groups in total. The van der Waals surface area contributed by atoms with Crippen molar-refractivity contribution in [3.05, 3.63) is 131 Å². The summed E-state index contributed by atoms with van der Waals surface area (Å²) in [5.41, 5.74) is 8.17. The Morgan fingerprint density at radius 2 is 0.805 bits per heavy atom. The van der Waals surface area contributed by atoms with Crippen molar-refractivity contribution in [2.75, 3.05) is 0 Å². The summed E-state index contributed by atoms with van der Waals surface area (Å²) in [5, 5.41) is 8.29. The Labute approximate surface area is 255 Å². The first-order valence-electron chi connectivity index (χ1n) is 13.1. The van der Waals surface area contributed by atoms with E-state index in [-0.39, 0.29) is 17.1 Å². The minimum atomic E-state index is 0. The topological polar surface area (TPSA) is 52.9 Å². The second kappa shape index (κ2) is 9.54. The molecule has 3 aliphatic heterocycles. The van der Waals surface area contributed by atoms with Crippen molar-refractivity contribution in [3.63, 3.8) is 0 Å². The Morgan fingerprint density at radius 1 is 0.439 bits per heavy atom. The molecule has 9 rings (SSSR count). The van der Waals surface area contributed by atoms with Gasteiger partial charge in [0.1, 0.15) is 10.1 Å². The molecule has 5 heterocycles. The van der Waals surface area contributed by atoms with Crippen LogP contribution in [0.3, 0.4) is 0 Å². The van der Waals surface area contributed by atoms with Gasteiger partial charge in [-0.2, -0.15) is 0 Å². The normalized spacial score (nSPS) is 15.0. The second-order valence-electron chi connectivity index (χ2n) is 9.88. The van der Waals surface area contributed by atoms with Gasteiger partial charge in [-0.05, 0) is 33.7 Å². The van der Waals surface area contributed by atoms with Crippen molar-refractivity contribution in [2.24, 2.45) is 9.98 Å². The fraction of sp³-hybridized carbons (Fsp3) is 0. The van der Waals surface area contributed by atoms with Crippen molar-refractivity contribution in [3.8, 4) is 0 Å². The molecular formula is C34H18CuN4S2. The first-order valence-corrected chi connectivity index (χ1v) is 14.7. The molecule has 0 aliphatic carbocycles. The molecule has 1 radical (unpaired) electrons. The van der Waals surface area contributed by atoms with Crippen molar-refractivity contribution in [2.45, 2.75) is 10.1 Å². The molecule has 41 heavy (non-hydrogen) atoms. The third-order valence-electron chi connectivity index (χ3n) is 7.56. The SMILES string of the molecule is C1=C2N=C(Sc3[n-]c(c4ccccc34)C=C3N=C(Sc4[n-]c1c1ccccc41)c1ccccc13)c1ccccc12.[Cu+2]. The predicted molar refractivity (Wildman–Crippen MR) is 168 cm³/mol. The van der Waals surface area contributed by atoms with Crippen LogP contribution >= 0.6 is 23.5 Å². The van der Waals surface area contributed by atoms with Gasteiger partial charge in [0, 0.05) is 22.3 Å². The van der Waals surface area contributed by atoms with Gasteiger partial charge < -0.3 is 9.97 Å². The van der Waals surface area contributed by atoms with Crippen LogP contribution in [0, 0.1) is 0 Å². The van der Waals surface area contributed by atoms with Crippen LogP contribution in [-0.4, -0.2) is 10.1 Å². The van der Waals surface area contributed by atoms with Gasteiger partial charge in [0.05, 0.1) is 11.4 Å².